The number of esters is 1. The van der Waals surface area contributed by atoms with Crippen LogP contribution in [-0.2, 0) is 11.2 Å². The first-order valence-electron chi connectivity index (χ1n) is 7.69. The minimum Gasteiger partial charge on any atom is -0.478 e. The largest absolute Gasteiger partial charge is 0.478 e. The Labute approximate surface area is 141 Å². The third-order valence-electron chi connectivity index (χ3n) is 3.74. The van der Waals surface area contributed by atoms with Gasteiger partial charge in [0.15, 0.2) is 0 Å². The molecule has 0 aliphatic heterocycles. The number of likely N-dealkylation sites (N-methyl/N-ethyl adjacent to an activating group) is 1. The van der Waals surface area contributed by atoms with Crippen molar-refractivity contribution < 1.29 is 19.4 Å². The first-order valence-corrected chi connectivity index (χ1v) is 7.69. The van der Waals surface area contributed by atoms with E-state index in [1.54, 1.807) is 6.07 Å². The second-order valence-corrected chi connectivity index (χ2v) is 5.74. The molecule has 0 aliphatic carbocycles. The quantitative estimate of drug-likeness (QED) is 0.651. The van der Waals surface area contributed by atoms with Crippen LogP contribution in [0.15, 0.2) is 42.5 Å². The number of carboxylic acids is 1. The maximum absolute atomic E-state index is 11.4. The zero-order valence-corrected chi connectivity index (χ0v) is 14.1. The molecule has 0 saturated heterocycles. The minimum absolute atomic E-state index is 0.0233. The normalized spacial score (nSPS) is 10.3. The first kappa shape index (κ1) is 17.5. The molecule has 0 unspecified atom stereocenters. The van der Waals surface area contributed by atoms with Crippen molar-refractivity contribution in [2.24, 2.45) is 0 Å². The molecule has 2 aromatic rings. The third-order valence-corrected chi connectivity index (χ3v) is 3.74. The molecule has 0 atom stereocenters. The molecule has 0 amide bonds. The Morgan fingerprint density at radius 1 is 1.12 bits per heavy atom. The van der Waals surface area contributed by atoms with Gasteiger partial charge in [-0.2, -0.15) is 0 Å². The number of aromatic carboxylic acids is 1. The van der Waals surface area contributed by atoms with E-state index in [1.807, 2.05) is 18.9 Å². The zero-order chi connectivity index (χ0) is 17.7. The Kier molecular flexibility index (Phi) is 5.58. The van der Waals surface area contributed by atoms with Gasteiger partial charge >= 0.3 is 11.9 Å². The molecule has 0 fully saturated rings. The van der Waals surface area contributed by atoms with Gasteiger partial charge in [0.2, 0.25) is 0 Å². The van der Waals surface area contributed by atoms with Crippen LogP contribution in [-0.4, -0.2) is 30.6 Å². The van der Waals surface area contributed by atoms with Gasteiger partial charge in [-0.15, -0.1) is 0 Å². The molecule has 0 aliphatic rings. The smallest absolute Gasteiger partial charge is 0.339 e. The number of carboxylic acid groups (broad SMARTS) is 1. The van der Waals surface area contributed by atoms with Crippen molar-refractivity contribution in [3.05, 3.63) is 59.2 Å². The van der Waals surface area contributed by atoms with E-state index in [9.17, 15) is 14.7 Å². The lowest BCUT2D eigenvalue weighted by Gasteiger charge is -2.20. The predicted molar refractivity (Wildman–Crippen MR) is 92.9 cm³/mol. The van der Waals surface area contributed by atoms with Crippen LogP contribution in [0.25, 0.3) is 0 Å². The molecule has 0 bridgehead atoms. The summed E-state index contributed by atoms with van der Waals surface area (Å²) in [5.74, 6) is -1.61. The Balaban J connectivity index is 2.12. The molecule has 0 aromatic heterocycles. The van der Waals surface area contributed by atoms with Crippen molar-refractivity contribution in [3.63, 3.8) is 0 Å². The lowest BCUT2D eigenvalue weighted by atomic mass is 10.1. The van der Waals surface area contributed by atoms with E-state index in [-0.39, 0.29) is 11.3 Å². The van der Waals surface area contributed by atoms with E-state index < -0.39 is 11.9 Å². The van der Waals surface area contributed by atoms with Crippen molar-refractivity contribution in [1.29, 1.82) is 0 Å². The van der Waals surface area contributed by atoms with Crippen LogP contribution in [0, 0.1) is 6.92 Å². The summed E-state index contributed by atoms with van der Waals surface area (Å²) >= 11 is 0. The average Bonchev–Trinajstić information content (AvgIpc) is 2.53. The summed E-state index contributed by atoms with van der Waals surface area (Å²) in [4.78, 5) is 24.4. The second-order valence-electron chi connectivity index (χ2n) is 5.74. The fourth-order valence-electron chi connectivity index (χ4n) is 2.35. The molecule has 126 valence electrons. The van der Waals surface area contributed by atoms with Gasteiger partial charge < -0.3 is 14.7 Å². The SMILES string of the molecule is CC(=O)Oc1ccc(N(C)CCc2ccc(C)cc2)cc1C(=O)O. The number of ether oxygens (including phenoxy) is 1. The van der Waals surface area contributed by atoms with Gasteiger partial charge in [-0.25, -0.2) is 4.79 Å². The van der Waals surface area contributed by atoms with Crippen molar-refractivity contribution in [3.8, 4) is 5.75 Å². The number of carbonyl (C=O) groups is 2. The topological polar surface area (TPSA) is 66.8 Å². The molecule has 0 heterocycles. The number of aryl methyl sites for hydroxylation is 1. The third kappa shape index (κ3) is 4.59. The van der Waals surface area contributed by atoms with Crippen LogP contribution in [0.2, 0.25) is 0 Å². The van der Waals surface area contributed by atoms with Crippen molar-refractivity contribution in [2.45, 2.75) is 20.3 Å². The molecular formula is C19H21NO4. The Morgan fingerprint density at radius 2 is 1.79 bits per heavy atom. The first-order chi connectivity index (χ1) is 11.4. The van der Waals surface area contributed by atoms with Crippen LogP contribution < -0.4 is 9.64 Å². The Bertz CT molecular complexity index is 738. The highest BCUT2D eigenvalue weighted by atomic mass is 16.5. The van der Waals surface area contributed by atoms with Gasteiger partial charge in [0, 0.05) is 26.2 Å². The standard InChI is InChI=1S/C19H21NO4/c1-13-4-6-15(7-5-13)10-11-20(3)16-8-9-18(24-14(2)21)17(12-16)19(22)23/h4-9,12H,10-11H2,1-3H3,(H,22,23). The van der Waals surface area contributed by atoms with Gasteiger partial charge in [-0.1, -0.05) is 29.8 Å². The van der Waals surface area contributed by atoms with Crippen molar-refractivity contribution in [1.82, 2.24) is 0 Å². The maximum atomic E-state index is 11.4. The Morgan fingerprint density at radius 3 is 2.38 bits per heavy atom. The summed E-state index contributed by atoms with van der Waals surface area (Å²) in [5.41, 5.74) is 3.18. The molecule has 5 heteroatoms. The van der Waals surface area contributed by atoms with E-state index in [0.717, 1.165) is 18.7 Å². The van der Waals surface area contributed by atoms with Gasteiger partial charge in [-0.05, 0) is 37.1 Å². The zero-order valence-electron chi connectivity index (χ0n) is 14.1. The van der Waals surface area contributed by atoms with Crippen molar-refractivity contribution >= 4 is 17.6 Å². The van der Waals surface area contributed by atoms with Crippen LogP contribution in [0.5, 0.6) is 5.75 Å². The van der Waals surface area contributed by atoms with Gasteiger partial charge in [-0.3, -0.25) is 4.79 Å². The number of rotatable bonds is 6. The van der Waals surface area contributed by atoms with Crippen LogP contribution in [0.1, 0.15) is 28.4 Å². The van der Waals surface area contributed by atoms with E-state index in [1.165, 1.54) is 30.2 Å². The Hall–Kier alpha value is -2.82. The fraction of sp³-hybridized carbons (Fsp3) is 0.263. The number of hydrogen-bond acceptors (Lipinski definition) is 4. The molecule has 1 N–H and O–H groups in total. The summed E-state index contributed by atoms with van der Waals surface area (Å²) in [5, 5.41) is 9.31. The highest BCUT2D eigenvalue weighted by molar-refractivity contribution is 5.93. The van der Waals surface area contributed by atoms with Crippen LogP contribution in [0.3, 0.4) is 0 Å². The average molecular weight is 327 g/mol. The lowest BCUT2D eigenvalue weighted by Crippen LogP contribution is -2.21. The summed E-state index contributed by atoms with van der Waals surface area (Å²) < 4.78 is 4.94. The summed E-state index contributed by atoms with van der Waals surface area (Å²) in [7, 11) is 1.90. The van der Waals surface area contributed by atoms with E-state index in [2.05, 4.69) is 24.3 Å². The molecule has 24 heavy (non-hydrogen) atoms. The lowest BCUT2D eigenvalue weighted by molar-refractivity contribution is -0.131. The molecule has 0 radical (unpaired) electrons. The number of carbonyl (C=O) groups excluding carboxylic acids is 1. The van der Waals surface area contributed by atoms with E-state index in [4.69, 9.17) is 4.74 Å². The highest BCUT2D eigenvalue weighted by Crippen LogP contribution is 2.25. The van der Waals surface area contributed by atoms with Gasteiger partial charge in [0.1, 0.15) is 11.3 Å². The summed E-state index contributed by atoms with van der Waals surface area (Å²) in [6, 6.07) is 13.1. The van der Waals surface area contributed by atoms with E-state index >= 15 is 0 Å². The minimum atomic E-state index is -1.12. The molecule has 2 rings (SSSR count). The van der Waals surface area contributed by atoms with Gasteiger partial charge in [0.25, 0.3) is 0 Å². The number of benzene rings is 2. The molecule has 5 nitrogen and oxygen atoms in total. The predicted octanol–water partition coefficient (Wildman–Crippen LogP) is 3.30. The summed E-state index contributed by atoms with van der Waals surface area (Å²) in [6.45, 7) is 4.04. The molecule has 0 spiro atoms. The molecule has 0 saturated carbocycles. The summed E-state index contributed by atoms with van der Waals surface area (Å²) in [6.07, 6.45) is 0.852. The molecular weight excluding hydrogens is 306 g/mol. The van der Waals surface area contributed by atoms with Crippen LogP contribution in [0.4, 0.5) is 5.69 Å². The highest BCUT2D eigenvalue weighted by Gasteiger charge is 2.15. The monoisotopic (exact) mass is 327 g/mol. The second kappa shape index (κ2) is 7.64. The number of hydrogen-bond donors (Lipinski definition) is 1. The molecule has 2 aromatic carbocycles. The number of nitrogens with zero attached hydrogens (tertiary/aromatic N) is 1. The van der Waals surface area contributed by atoms with Crippen LogP contribution >= 0.6 is 0 Å². The van der Waals surface area contributed by atoms with Gasteiger partial charge in [0.05, 0.1) is 0 Å². The fourth-order valence-corrected chi connectivity index (χ4v) is 2.35. The van der Waals surface area contributed by atoms with Crippen molar-refractivity contribution in [2.75, 3.05) is 18.5 Å². The van der Waals surface area contributed by atoms with E-state index in [0.29, 0.717) is 0 Å². The number of anilines is 1. The maximum Gasteiger partial charge on any atom is 0.339 e.